The zero-order valence-corrected chi connectivity index (χ0v) is 17.6. The highest BCUT2D eigenvalue weighted by atomic mass is 35.5. The second kappa shape index (κ2) is 10.5. The highest BCUT2D eigenvalue weighted by Gasteiger charge is 2.04. The number of benzene rings is 3. The van der Waals surface area contributed by atoms with Crippen molar-refractivity contribution < 1.29 is 14.3 Å². The number of carbonyl (C=O) groups excluding carboxylic acids is 1. The van der Waals surface area contributed by atoms with Gasteiger partial charge in [-0.05, 0) is 61.4 Å². The summed E-state index contributed by atoms with van der Waals surface area (Å²) in [7, 11) is 0. The molecule has 0 atom stereocenters. The van der Waals surface area contributed by atoms with E-state index in [0.717, 1.165) is 28.0 Å². The van der Waals surface area contributed by atoms with Gasteiger partial charge in [0.1, 0.15) is 18.1 Å². The van der Waals surface area contributed by atoms with E-state index < -0.39 is 0 Å². The molecule has 154 valence electrons. The van der Waals surface area contributed by atoms with Gasteiger partial charge < -0.3 is 9.47 Å². The molecular weight excluding hydrogens is 400 g/mol. The SMILES string of the molecule is Cc1ccc(OCC(=O)NN=Cc2ccc(OCc3ccccc3Cl)cc2)c(C)c1. The van der Waals surface area contributed by atoms with Gasteiger partial charge in [-0.3, -0.25) is 4.79 Å². The molecule has 3 aromatic rings. The molecule has 5 nitrogen and oxygen atoms in total. The summed E-state index contributed by atoms with van der Waals surface area (Å²) in [6, 6.07) is 20.8. The summed E-state index contributed by atoms with van der Waals surface area (Å²) in [5.41, 5.74) is 6.35. The van der Waals surface area contributed by atoms with Crippen molar-refractivity contribution in [2.75, 3.05) is 6.61 Å². The molecule has 0 saturated heterocycles. The largest absolute Gasteiger partial charge is 0.489 e. The van der Waals surface area contributed by atoms with Gasteiger partial charge in [0.25, 0.3) is 5.91 Å². The van der Waals surface area contributed by atoms with Gasteiger partial charge in [0, 0.05) is 10.6 Å². The lowest BCUT2D eigenvalue weighted by Gasteiger charge is -2.08. The molecule has 1 amide bonds. The lowest BCUT2D eigenvalue weighted by molar-refractivity contribution is -0.123. The Hall–Kier alpha value is -3.31. The summed E-state index contributed by atoms with van der Waals surface area (Å²) in [4.78, 5) is 11.9. The minimum atomic E-state index is -0.328. The van der Waals surface area contributed by atoms with Crippen molar-refractivity contribution in [1.29, 1.82) is 0 Å². The van der Waals surface area contributed by atoms with E-state index in [2.05, 4.69) is 10.5 Å². The predicted molar refractivity (Wildman–Crippen MR) is 119 cm³/mol. The van der Waals surface area contributed by atoms with Crippen LogP contribution in [0.2, 0.25) is 5.02 Å². The van der Waals surface area contributed by atoms with Crippen LogP contribution in [0.5, 0.6) is 11.5 Å². The topological polar surface area (TPSA) is 59.9 Å². The van der Waals surface area contributed by atoms with Crippen LogP contribution in [0.3, 0.4) is 0 Å². The monoisotopic (exact) mass is 422 g/mol. The number of halogens is 1. The van der Waals surface area contributed by atoms with E-state index in [-0.39, 0.29) is 12.5 Å². The number of hydrazone groups is 1. The van der Waals surface area contributed by atoms with Gasteiger partial charge in [0.15, 0.2) is 6.61 Å². The van der Waals surface area contributed by atoms with Crippen LogP contribution in [0.1, 0.15) is 22.3 Å². The molecule has 0 heterocycles. The average molecular weight is 423 g/mol. The summed E-state index contributed by atoms with van der Waals surface area (Å²) in [5, 5.41) is 4.64. The number of amides is 1. The minimum absolute atomic E-state index is 0.101. The number of ether oxygens (including phenoxy) is 2. The first-order valence-corrected chi connectivity index (χ1v) is 9.87. The van der Waals surface area contributed by atoms with Gasteiger partial charge in [-0.15, -0.1) is 0 Å². The van der Waals surface area contributed by atoms with Crippen LogP contribution in [0.25, 0.3) is 0 Å². The van der Waals surface area contributed by atoms with E-state index in [1.807, 2.05) is 80.6 Å². The first-order valence-electron chi connectivity index (χ1n) is 9.49. The molecule has 0 bridgehead atoms. The number of aryl methyl sites for hydroxylation is 2. The van der Waals surface area contributed by atoms with Crippen LogP contribution in [0.15, 0.2) is 71.8 Å². The maximum absolute atomic E-state index is 11.9. The lowest BCUT2D eigenvalue weighted by Crippen LogP contribution is -2.24. The number of nitrogens with zero attached hydrogens (tertiary/aromatic N) is 1. The third kappa shape index (κ3) is 6.36. The van der Waals surface area contributed by atoms with Gasteiger partial charge in [-0.25, -0.2) is 5.43 Å². The molecule has 0 aliphatic carbocycles. The highest BCUT2D eigenvalue weighted by molar-refractivity contribution is 6.31. The van der Waals surface area contributed by atoms with Crippen molar-refractivity contribution in [2.45, 2.75) is 20.5 Å². The summed E-state index contributed by atoms with van der Waals surface area (Å²) in [6.45, 7) is 4.25. The Balaban J connectivity index is 1.44. The fourth-order valence-corrected chi connectivity index (χ4v) is 2.93. The number of carbonyl (C=O) groups is 1. The van der Waals surface area contributed by atoms with E-state index in [9.17, 15) is 4.79 Å². The van der Waals surface area contributed by atoms with Crippen LogP contribution in [-0.4, -0.2) is 18.7 Å². The van der Waals surface area contributed by atoms with E-state index in [1.165, 1.54) is 0 Å². The number of rotatable bonds is 8. The van der Waals surface area contributed by atoms with E-state index in [0.29, 0.717) is 17.4 Å². The Labute approximate surface area is 181 Å². The molecule has 0 spiro atoms. The van der Waals surface area contributed by atoms with Crippen molar-refractivity contribution in [1.82, 2.24) is 5.43 Å². The van der Waals surface area contributed by atoms with Crippen molar-refractivity contribution in [2.24, 2.45) is 5.10 Å². The molecule has 30 heavy (non-hydrogen) atoms. The normalized spacial score (nSPS) is 10.8. The smallest absolute Gasteiger partial charge is 0.277 e. The summed E-state index contributed by atoms with van der Waals surface area (Å²) < 4.78 is 11.3. The molecule has 6 heteroatoms. The van der Waals surface area contributed by atoms with Gasteiger partial charge in [0.2, 0.25) is 0 Å². The molecule has 0 aliphatic rings. The fraction of sp³-hybridized carbons (Fsp3) is 0.167. The number of hydrogen-bond donors (Lipinski definition) is 1. The van der Waals surface area contributed by atoms with Gasteiger partial charge in [-0.2, -0.15) is 5.10 Å². The lowest BCUT2D eigenvalue weighted by atomic mass is 10.1. The van der Waals surface area contributed by atoms with Crippen LogP contribution in [0, 0.1) is 13.8 Å². The first-order chi connectivity index (χ1) is 14.5. The molecular formula is C24H23ClN2O3. The van der Waals surface area contributed by atoms with E-state index in [4.69, 9.17) is 21.1 Å². The third-order valence-corrected chi connectivity index (χ3v) is 4.69. The second-order valence-electron chi connectivity index (χ2n) is 6.80. The second-order valence-corrected chi connectivity index (χ2v) is 7.21. The Morgan fingerprint density at radius 2 is 1.80 bits per heavy atom. The predicted octanol–water partition coefficient (Wildman–Crippen LogP) is 5.06. The average Bonchev–Trinajstić information content (AvgIpc) is 2.73. The summed E-state index contributed by atoms with van der Waals surface area (Å²) >= 11 is 6.13. The third-order valence-electron chi connectivity index (χ3n) is 4.32. The fourth-order valence-electron chi connectivity index (χ4n) is 2.74. The molecule has 3 rings (SSSR count). The standard InChI is InChI=1S/C24H23ClN2O3/c1-17-7-12-23(18(2)13-17)30-16-24(28)27-26-14-19-8-10-21(11-9-19)29-15-20-5-3-4-6-22(20)25/h3-14H,15-16H2,1-2H3,(H,27,28). The molecule has 0 saturated carbocycles. The molecule has 0 radical (unpaired) electrons. The minimum Gasteiger partial charge on any atom is -0.489 e. The van der Waals surface area contributed by atoms with Crippen molar-refractivity contribution in [3.63, 3.8) is 0 Å². The van der Waals surface area contributed by atoms with Gasteiger partial charge >= 0.3 is 0 Å². The molecule has 0 unspecified atom stereocenters. The van der Waals surface area contributed by atoms with Gasteiger partial charge in [0.05, 0.1) is 6.21 Å². The Morgan fingerprint density at radius 1 is 1.03 bits per heavy atom. The van der Waals surface area contributed by atoms with E-state index in [1.54, 1.807) is 6.21 Å². The molecule has 1 N–H and O–H groups in total. The summed E-state index contributed by atoms with van der Waals surface area (Å²) in [6.07, 6.45) is 1.56. The Bertz CT molecular complexity index is 1030. The molecule has 0 aliphatic heterocycles. The van der Waals surface area contributed by atoms with E-state index >= 15 is 0 Å². The first kappa shape index (κ1) is 21.4. The van der Waals surface area contributed by atoms with Crippen molar-refractivity contribution >= 4 is 23.7 Å². The highest BCUT2D eigenvalue weighted by Crippen LogP contribution is 2.19. The maximum atomic E-state index is 11.9. The zero-order valence-electron chi connectivity index (χ0n) is 16.9. The molecule has 3 aromatic carbocycles. The Morgan fingerprint density at radius 3 is 2.53 bits per heavy atom. The summed E-state index contributed by atoms with van der Waals surface area (Å²) in [5.74, 6) is 1.08. The van der Waals surface area contributed by atoms with Crippen LogP contribution >= 0.6 is 11.6 Å². The zero-order chi connectivity index (χ0) is 21.3. The van der Waals surface area contributed by atoms with Gasteiger partial charge in [-0.1, -0.05) is 47.5 Å². The van der Waals surface area contributed by atoms with Crippen LogP contribution in [0.4, 0.5) is 0 Å². The van der Waals surface area contributed by atoms with Crippen molar-refractivity contribution in [3.05, 3.63) is 94.0 Å². The number of hydrogen-bond acceptors (Lipinski definition) is 4. The maximum Gasteiger partial charge on any atom is 0.277 e. The van der Waals surface area contributed by atoms with Crippen molar-refractivity contribution in [3.8, 4) is 11.5 Å². The van der Waals surface area contributed by atoms with Crippen LogP contribution < -0.4 is 14.9 Å². The molecule has 0 fully saturated rings. The Kier molecular flexibility index (Phi) is 7.46. The number of nitrogens with one attached hydrogen (secondary N) is 1. The quantitative estimate of drug-likeness (QED) is 0.407. The molecule has 0 aromatic heterocycles. The van der Waals surface area contributed by atoms with Crippen LogP contribution in [-0.2, 0) is 11.4 Å².